The molecule has 0 unspecified atom stereocenters. The van der Waals surface area contributed by atoms with Crippen LogP contribution in [0.5, 0.6) is 0 Å². The van der Waals surface area contributed by atoms with Gasteiger partial charge in [0, 0.05) is 19.6 Å². The molecular formula is C18H22N2O2S. The minimum absolute atomic E-state index is 0.396. The summed E-state index contributed by atoms with van der Waals surface area (Å²) in [5.41, 5.74) is 1.52. The maximum atomic E-state index is 13.2. The van der Waals surface area contributed by atoms with E-state index in [4.69, 9.17) is 0 Å². The highest BCUT2D eigenvalue weighted by molar-refractivity contribution is 7.93. The molecular weight excluding hydrogens is 308 g/mol. The highest BCUT2D eigenvalue weighted by Gasteiger charge is 2.28. The molecule has 0 amide bonds. The van der Waals surface area contributed by atoms with Crippen LogP contribution < -0.4 is 9.21 Å². The molecule has 1 saturated heterocycles. The van der Waals surface area contributed by atoms with Gasteiger partial charge in [-0.1, -0.05) is 30.3 Å². The first-order valence-corrected chi connectivity index (χ1v) is 9.50. The first-order valence-electron chi connectivity index (χ1n) is 8.06. The third kappa shape index (κ3) is 3.06. The van der Waals surface area contributed by atoms with Crippen molar-refractivity contribution in [1.29, 1.82) is 0 Å². The molecule has 2 aromatic rings. The molecule has 5 heteroatoms. The van der Waals surface area contributed by atoms with Crippen LogP contribution in [-0.2, 0) is 10.0 Å². The van der Waals surface area contributed by atoms with Crippen molar-refractivity contribution in [3.05, 3.63) is 54.6 Å². The highest BCUT2D eigenvalue weighted by Crippen LogP contribution is 2.32. The molecule has 4 nitrogen and oxygen atoms in total. The summed E-state index contributed by atoms with van der Waals surface area (Å²) < 4.78 is 28.0. The summed E-state index contributed by atoms with van der Waals surface area (Å²) in [5, 5.41) is 0. The number of rotatable bonds is 5. The topological polar surface area (TPSA) is 40.6 Å². The van der Waals surface area contributed by atoms with Gasteiger partial charge in [-0.05, 0) is 44.0 Å². The highest BCUT2D eigenvalue weighted by atomic mass is 32.2. The van der Waals surface area contributed by atoms with Gasteiger partial charge < -0.3 is 4.90 Å². The Morgan fingerprint density at radius 1 is 0.957 bits per heavy atom. The zero-order valence-corrected chi connectivity index (χ0v) is 14.2. The summed E-state index contributed by atoms with van der Waals surface area (Å²) in [5.74, 6) is 0. The minimum Gasteiger partial charge on any atom is -0.370 e. The van der Waals surface area contributed by atoms with Crippen LogP contribution in [0, 0.1) is 0 Å². The van der Waals surface area contributed by atoms with Gasteiger partial charge in [0.25, 0.3) is 10.0 Å². The van der Waals surface area contributed by atoms with Crippen molar-refractivity contribution in [3.8, 4) is 0 Å². The number of sulfonamides is 1. The average molecular weight is 330 g/mol. The van der Waals surface area contributed by atoms with Crippen molar-refractivity contribution in [2.75, 3.05) is 28.8 Å². The van der Waals surface area contributed by atoms with E-state index in [0.29, 0.717) is 17.1 Å². The Morgan fingerprint density at radius 3 is 2.22 bits per heavy atom. The SMILES string of the molecule is CCN(c1ccccc1)S(=O)(=O)c1ccccc1N1CCCC1. The molecule has 1 aliphatic heterocycles. The van der Waals surface area contributed by atoms with Crippen LogP contribution in [-0.4, -0.2) is 28.1 Å². The summed E-state index contributed by atoms with van der Waals surface area (Å²) in [6.07, 6.45) is 2.23. The normalized spacial score (nSPS) is 14.9. The number of anilines is 2. The van der Waals surface area contributed by atoms with Crippen molar-refractivity contribution in [2.45, 2.75) is 24.7 Å². The van der Waals surface area contributed by atoms with Gasteiger partial charge in [-0.15, -0.1) is 0 Å². The molecule has 0 aliphatic carbocycles. The summed E-state index contributed by atoms with van der Waals surface area (Å²) in [4.78, 5) is 2.57. The molecule has 122 valence electrons. The molecule has 0 N–H and O–H groups in total. The summed E-state index contributed by atoms with van der Waals surface area (Å²) in [7, 11) is -3.58. The summed E-state index contributed by atoms with van der Waals surface area (Å²) >= 11 is 0. The van der Waals surface area contributed by atoms with Crippen molar-refractivity contribution < 1.29 is 8.42 Å². The number of benzene rings is 2. The minimum atomic E-state index is -3.58. The maximum absolute atomic E-state index is 13.2. The molecule has 0 spiro atoms. The third-order valence-electron chi connectivity index (χ3n) is 4.21. The van der Waals surface area contributed by atoms with E-state index in [-0.39, 0.29) is 0 Å². The third-order valence-corrected chi connectivity index (χ3v) is 6.16. The van der Waals surface area contributed by atoms with Crippen LogP contribution in [0.15, 0.2) is 59.5 Å². The van der Waals surface area contributed by atoms with Gasteiger partial charge >= 0.3 is 0 Å². The fraction of sp³-hybridized carbons (Fsp3) is 0.333. The fourth-order valence-corrected chi connectivity index (χ4v) is 4.79. The van der Waals surface area contributed by atoms with Gasteiger partial charge in [0.2, 0.25) is 0 Å². The molecule has 1 heterocycles. The molecule has 1 aliphatic rings. The van der Waals surface area contributed by atoms with Crippen LogP contribution in [0.1, 0.15) is 19.8 Å². The van der Waals surface area contributed by atoms with E-state index in [0.717, 1.165) is 31.6 Å². The molecule has 0 atom stereocenters. The monoisotopic (exact) mass is 330 g/mol. The molecule has 1 fully saturated rings. The van der Waals surface area contributed by atoms with Crippen molar-refractivity contribution in [1.82, 2.24) is 0 Å². The van der Waals surface area contributed by atoms with E-state index in [9.17, 15) is 8.42 Å². The van der Waals surface area contributed by atoms with Crippen molar-refractivity contribution >= 4 is 21.4 Å². The molecule has 0 bridgehead atoms. The second-order valence-corrected chi connectivity index (χ2v) is 7.50. The van der Waals surface area contributed by atoms with Crippen molar-refractivity contribution in [3.63, 3.8) is 0 Å². The van der Waals surface area contributed by atoms with E-state index in [1.165, 1.54) is 4.31 Å². The van der Waals surface area contributed by atoms with E-state index in [1.54, 1.807) is 12.1 Å². The van der Waals surface area contributed by atoms with Crippen LogP contribution in [0.2, 0.25) is 0 Å². The fourth-order valence-electron chi connectivity index (χ4n) is 3.10. The van der Waals surface area contributed by atoms with E-state index in [2.05, 4.69) is 4.90 Å². The number of nitrogens with zero attached hydrogens (tertiary/aromatic N) is 2. The van der Waals surface area contributed by atoms with Gasteiger partial charge in [-0.25, -0.2) is 8.42 Å². The zero-order valence-electron chi connectivity index (χ0n) is 13.4. The van der Waals surface area contributed by atoms with Gasteiger partial charge in [0.05, 0.1) is 11.4 Å². The molecule has 2 aromatic carbocycles. The predicted octanol–water partition coefficient (Wildman–Crippen LogP) is 3.50. The summed E-state index contributed by atoms with van der Waals surface area (Å²) in [6.45, 7) is 4.11. The van der Waals surface area contributed by atoms with Crippen LogP contribution in [0.4, 0.5) is 11.4 Å². The zero-order chi connectivity index (χ0) is 16.3. The Kier molecular flexibility index (Phi) is 4.57. The Labute approximate surface area is 138 Å². The van der Waals surface area contributed by atoms with E-state index >= 15 is 0 Å². The predicted molar refractivity (Wildman–Crippen MR) is 94.5 cm³/mol. The summed E-state index contributed by atoms with van der Waals surface area (Å²) in [6, 6.07) is 16.6. The Morgan fingerprint density at radius 2 is 1.57 bits per heavy atom. The molecule has 23 heavy (non-hydrogen) atoms. The van der Waals surface area contributed by atoms with Gasteiger partial charge in [0.15, 0.2) is 0 Å². The maximum Gasteiger partial charge on any atom is 0.266 e. The van der Waals surface area contributed by atoms with Gasteiger partial charge in [-0.2, -0.15) is 0 Å². The van der Waals surface area contributed by atoms with Crippen molar-refractivity contribution in [2.24, 2.45) is 0 Å². The number of hydrogen-bond donors (Lipinski definition) is 0. The van der Waals surface area contributed by atoms with Gasteiger partial charge in [-0.3, -0.25) is 4.31 Å². The smallest absolute Gasteiger partial charge is 0.266 e. The largest absolute Gasteiger partial charge is 0.370 e. The molecule has 0 radical (unpaired) electrons. The number of para-hydroxylation sites is 2. The average Bonchev–Trinajstić information content (AvgIpc) is 3.11. The Bertz CT molecular complexity index is 754. The molecule has 0 saturated carbocycles. The van der Waals surface area contributed by atoms with E-state index in [1.807, 2.05) is 49.4 Å². The lowest BCUT2D eigenvalue weighted by Gasteiger charge is -2.27. The lowest BCUT2D eigenvalue weighted by molar-refractivity contribution is 0.591. The Hall–Kier alpha value is -2.01. The lowest BCUT2D eigenvalue weighted by atomic mass is 10.3. The van der Waals surface area contributed by atoms with Crippen LogP contribution >= 0.6 is 0 Å². The standard InChI is InChI=1S/C18H22N2O2S/c1-2-20(16-10-4-3-5-11-16)23(21,22)18-13-7-6-12-17(18)19-14-8-9-15-19/h3-7,10-13H,2,8-9,14-15H2,1H3. The van der Waals surface area contributed by atoms with E-state index < -0.39 is 10.0 Å². The lowest BCUT2D eigenvalue weighted by Crippen LogP contribution is -2.32. The van der Waals surface area contributed by atoms with Crippen LogP contribution in [0.3, 0.4) is 0 Å². The van der Waals surface area contributed by atoms with Crippen LogP contribution in [0.25, 0.3) is 0 Å². The second-order valence-electron chi connectivity index (χ2n) is 5.67. The van der Waals surface area contributed by atoms with Gasteiger partial charge in [0.1, 0.15) is 4.90 Å². The first kappa shape index (κ1) is 15.9. The second kappa shape index (κ2) is 6.62. The molecule has 3 rings (SSSR count). The Balaban J connectivity index is 2.05. The molecule has 0 aromatic heterocycles. The number of hydrogen-bond acceptors (Lipinski definition) is 3. The first-order chi connectivity index (χ1) is 11.1. The quantitative estimate of drug-likeness (QED) is 0.842.